The topological polar surface area (TPSA) is 52.7 Å². The third-order valence-corrected chi connectivity index (χ3v) is 5.60. The van der Waals surface area contributed by atoms with Crippen LogP contribution in [0.15, 0.2) is 18.2 Å². The quantitative estimate of drug-likeness (QED) is 0.785. The molecule has 0 saturated carbocycles. The third-order valence-electron chi connectivity index (χ3n) is 4.86. The van der Waals surface area contributed by atoms with E-state index in [2.05, 4.69) is 5.32 Å². The largest absolute Gasteiger partial charge is 0.340 e. The molecular weight excluding hydrogens is 385 g/mol. The van der Waals surface area contributed by atoms with Crippen LogP contribution >= 0.6 is 35.6 Å². The highest BCUT2D eigenvalue weighted by molar-refractivity contribution is 6.42. The van der Waals surface area contributed by atoms with Gasteiger partial charge in [0.1, 0.15) is 5.92 Å². The van der Waals surface area contributed by atoms with Crippen molar-refractivity contribution in [1.29, 1.82) is 0 Å². The van der Waals surface area contributed by atoms with E-state index in [1.807, 2.05) is 11.9 Å². The molecule has 5 nitrogen and oxygen atoms in total. The van der Waals surface area contributed by atoms with Gasteiger partial charge < -0.3 is 15.1 Å². The molecule has 0 radical (unpaired) electrons. The molecule has 0 aromatic heterocycles. The molecule has 1 aromatic rings. The number of carbonyl (C=O) groups is 2. The van der Waals surface area contributed by atoms with E-state index in [1.54, 1.807) is 23.1 Å². The molecule has 2 unspecified atom stereocenters. The Bertz CT molecular complexity index is 656. The fraction of sp³-hybridized carbons (Fsp3) is 0.529. The van der Waals surface area contributed by atoms with Crippen molar-refractivity contribution in [3.05, 3.63) is 28.2 Å². The van der Waals surface area contributed by atoms with Crippen molar-refractivity contribution in [2.45, 2.75) is 25.3 Å². The first kappa shape index (κ1) is 20.3. The molecule has 3 rings (SSSR count). The molecular formula is C17H22Cl3N3O2. The number of amides is 2. The molecule has 0 spiro atoms. The Morgan fingerprint density at radius 1 is 1.20 bits per heavy atom. The van der Waals surface area contributed by atoms with E-state index < -0.39 is 5.92 Å². The van der Waals surface area contributed by atoms with Crippen molar-refractivity contribution in [1.82, 2.24) is 10.2 Å². The van der Waals surface area contributed by atoms with Crippen molar-refractivity contribution >= 4 is 53.1 Å². The van der Waals surface area contributed by atoms with Crippen molar-refractivity contribution in [3.63, 3.8) is 0 Å². The maximum absolute atomic E-state index is 12.8. The van der Waals surface area contributed by atoms with Crippen LogP contribution in [-0.2, 0) is 9.59 Å². The second-order valence-electron chi connectivity index (χ2n) is 6.34. The van der Waals surface area contributed by atoms with E-state index in [0.29, 0.717) is 41.3 Å². The Labute approximate surface area is 164 Å². The fourth-order valence-corrected chi connectivity index (χ4v) is 3.74. The van der Waals surface area contributed by atoms with Crippen molar-refractivity contribution < 1.29 is 9.59 Å². The zero-order valence-corrected chi connectivity index (χ0v) is 16.3. The van der Waals surface area contributed by atoms with Gasteiger partial charge in [0.15, 0.2) is 0 Å². The molecule has 0 bridgehead atoms. The maximum atomic E-state index is 12.8. The second-order valence-corrected chi connectivity index (χ2v) is 7.16. The van der Waals surface area contributed by atoms with Crippen LogP contribution in [0.2, 0.25) is 10.0 Å². The van der Waals surface area contributed by atoms with Gasteiger partial charge in [0.25, 0.3) is 0 Å². The van der Waals surface area contributed by atoms with Crippen molar-refractivity contribution in [3.8, 4) is 0 Å². The van der Waals surface area contributed by atoms with Gasteiger partial charge in [-0.25, -0.2) is 0 Å². The molecule has 2 aliphatic heterocycles. The smallest absolute Gasteiger partial charge is 0.239 e. The summed E-state index contributed by atoms with van der Waals surface area (Å²) in [5.41, 5.74) is 0.691. The zero-order valence-electron chi connectivity index (χ0n) is 14.0. The van der Waals surface area contributed by atoms with Crippen LogP contribution < -0.4 is 10.2 Å². The predicted octanol–water partition coefficient (Wildman–Crippen LogP) is 2.98. The van der Waals surface area contributed by atoms with E-state index in [0.717, 1.165) is 19.4 Å². The number of likely N-dealkylation sites (tertiary alicyclic amines) is 1. The lowest BCUT2D eigenvalue weighted by Gasteiger charge is -2.33. The minimum atomic E-state index is -0.588. The van der Waals surface area contributed by atoms with E-state index in [9.17, 15) is 9.59 Å². The fourth-order valence-electron chi connectivity index (χ4n) is 3.45. The average molecular weight is 407 g/mol. The lowest BCUT2D eigenvalue weighted by molar-refractivity contribution is -0.140. The lowest BCUT2D eigenvalue weighted by Crippen LogP contribution is -2.49. The van der Waals surface area contributed by atoms with Gasteiger partial charge in [-0.1, -0.05) is 23.2 Å². The van der Waals surface area contributed by atoms with Gasteiger partial charge in [0, 0.05) is 31.4 Å². The predicted molar refractivity (Wildman–Crippen MR) is 103 cm³/mol. The number of hydrogen-bond donors (Lipinski definition) is 1. The summed E-state index contributed by atoms with van der Waals surface area (Å²) >= 11 is 12.0. The van der Waals surface area contributed by atoms with Crippen LogP contribution in [0.1, 0.15) is 19.3 Å². The van der Waals surface area contributed by atoms with Gasteiger partial charge in [-0.15, -0.1) is 12.4 Å². The van der Waals surface area contributed by atoms with Crippen LogP contribution in [0.3, 0.4) is 0 Å². The minimum Gasteiger partial charge on any atom is -0.340 e. The SMILES string of the molecule is CNC1CCCN(C(=O)C2CCN(c3ccc(Cl)c(Cl)c3)C2=O)C1.Cl. The zero-order chi connectivity index (χ0) is 17.3. The summed E-state index contributed by atoms with van der Waals surface area (Å²) < 4.78 is 0. The highest BCUT2D eigenvalue weighted by atomic mass is 35.5. The molecule has 1 aromatic carbocycles. The first-order valence-electron chi connectivity index (χ1n) is 8.23. The van der Waals surface area contributed by atoms with Gasteiger partial charge in [0.05, 0.1) is 10.0 Å². The maximum Gasteiger partial charge on any atom is 0.239 e. The molecule has 1 N–H and O–H groups in total. The van der Waals surface area contributed by atoms with Gasteiger partial charge >= 0.3 is 0 Å². The molecule has 138 valence electrons. The number of halogens is 3. The Morgan fingerprint density at radius 3 is 2.64 bits per heavy atom. The lowest BCUT2D eigenvalue weighted by atomic mass is 10.0. The highest BCUT2D eigenvalue weighted by Gasteiger charge is 2.40. The summed E-state index contributed by atoms with van der Waals surface area (Å²) in [6.45, 7) is 1.93. The Kier molecular flexibility index (Phi) is 6.97. The summed E-state index contributed by atoms with van der Waals surface area (Å²) in [7, 11) is 1.91. The Hall–Kier alpha value is -1.01. The molecule has 25 heavy (non-hydrogen) atoms. The number of carbonyl (C=O) groups excluding carboxylic acids is 2. The van der Waals surface area contributed by atoms with Crippen LogP contribution in [-0.4, -0.2) is 49.4 Å². The summed E-state index contributed by atoms with van der Waals surface area (Å²) in [4.78, 5) is 29.0. The number of anilines is 1. The highest BCUT2D eigenvalue weighted by Crippen LogP contribution is 2.32. The Morgan fingerprint density at radius 2 is 1.96 bits per heavy atom. The third kappa shape index (κ3) is 4.22. The first-order valence-corrected chi connectivity index (χ1v) is 8.99. The molecule has 2 saturated heterocycles. The van der Waals surface area contributed by atoms with Crippen LogP contribution in [0.4, 0.5) is 5.69 Å². The van der Waals surface area contributed by atoms with Gasteiger partial charge in [-0.3, -0.25) is 9.59 Å². The number of piperidine rings is 1. The monoisotopic (exact) mass is 405 g/mol. The molecule has 2 heterocycles. The molecule has 2 fully saturated rings. The van der Waals surface area contributed by atoms with Crippen LogP contribution in [0.5, 0.6) is 0 Å². The average Bonchev–Trinajstić information content (AvgIpc) is 2.98. The number of hydrogen-bond acceptors (Lipinski definition) is 3. The number of benzene rings is 1. The number of rotatable bonds is 3. The first-order chi connectivity index (χ1) is 11.5. The molecule has 2 amide bonds. The summed E-state index contributed by atoms with van der Waals surface area (Å²) in [5.74, 6) is -0.789. The van der Waals surface area contributed by atoms with E-state index in [-0.39, 0.29) is 24.2 Å². The van der Waals surface area contributed by atoms with Gasteiger partial charge in [-0.05, 0) is 44.5 Å². The summed E-state index contributed by atoms with van der Waals surface area (Å²) in [5, 5.41) is 4.08. The number of likely N-dealkylation sites (N-methyl/N-ethyl adjacent to an activating group) is 1. The van der Waals surface area contributed by atoms with Crippen LogP contribution in [0.25, 0.3) is 0 Å². The summed E-state index contributed by atoms with van der Waals surface area (Å²) in [6, 6.07) is 5.41. The minimum absolute atomic E-state index is 0. The number of nitrogens with one attached hydrogen (secondary N) is 1. The standard InChI is InChI=1S/C17H21Cl2N3O2.ClH/c1-20-11-3-2-7-21(10-11)16(23)13-6-8-22(17(13)24)12-4-5-14(18)15(19)9-12;/h4-5,9,11,13,20H,2-3,6-8,10H2,1H3;1H. The van der Waals surface area contributed by atoms with Gasteiger partial charge in [0.2, 0.25) is 11.8 Å². The molecule has 8 heteroatoms. The summed E-state index contributed by atoms with van der Waals surface area (Å²) in [6.07, 6.45) is 2.57. The van der Waals surface area contributed by atoms with E-state index in [4.69, 9.17) is 23.2 Å². The van der Waals surface area contributed by atoms with E-state index in [1.165, 1.54) is 0 Å². The van der Waals surface area contributed by atoms with E-state index >= 15 is 0 Å². The second kappa shape index (κ2) is 8.58. The van der Waals surface area contributed by atoms with Crippen LogP contribution in [0, 0.1) is 5.92 Å². The van der Waals surface area contributed by atoms with Crippen molar-refractivity contribution in [2.75, 3.05) is 31.6 Å². The Balaban J connectivity index is 0.00000225. The molecule has 2 atom stereocenters. The molecule has 0 aliphatic carbocycles. The number of nitrogens with zero attached hydrogens (tertiary/aromatic N) is 2. The molecule has 2 aliphatic rings. The van der Waals surface area contributed by atoms with Gasteiger partial charge in [-0.2, -0.15) is 0 Å². The normalized spacial score (nSPS) is 23.6. The van der Waals surface area contributed by atoms with Crippen molar-refractivity contribution in [2.24, 2.45) is 5.92 Å².